The summed E-state index contributed by atoms with van der Waals surface area (Å²) in [5, 5.41) is 6.39. The van der Waals surface area contributed by atoms with Crippen molar-refractivity contribution in [1.82, 2.24) is 10.6 Å². The monoisotopic (exact) mass is 346 g/mol. The zero-order valence-electron chi connectivity index (χ0n) is 13.3. The van der Waals surface area contributed by atoms with Crippen LogP contribution in [0, 0.1) is 0 Å². The average molecular weight is 347 g/mol. The summed E-state index contributed by atoms with van der Waals surface area (Å²) in [5.41, 5.74) is 1.90. The van der Waals surface area contributed by atoms with Gasteiger partial charge in [-0.15, -0.1) is 0 Å². The topological polar surface area (TPSA) is 59.6 Å². The largest absolute Gasteiger partial charge is 0.497 e. The van der Waals surface area contributed by atoms with Gasteiger partial charge in [0.15, 0.2) is 0 Å². The fraction of sp³-hybridized carbons (Fsp3) is 0.278. The Labute approximate surface area is 145 Å². The van der Waals surface area contributed by atoms with E-state index in [2.05, 4.69) is 10.6 Å². The molecular weight excluding hydrogens is 328 g/mol. The fourth-order valence-electron chi connectivity index (χ4n) is 2.64. The summed E-state index contributed by atoms with van der Waals surface area (Å²) >= 11 is 6.08. The summed E-state index contributed by atoms with van der Waals surface area (Å²) < 4.78 is 10.9. The van der Waals surface area contributed by atoms with Crippen molar-refractivity contribution in [3.8, 4) is 11.5 Å². The van der Waals surface area contributed by atoms with Gasteiger partial charge < -0.3 is 20.1 Å². The number of halogens is 1. The molecule has 0 radical (unpaired) electrons. The molecule has 0 fully saturated rings. The lowest BCUT2D eigenvalue weighted by Crippen LogP contribution is -2.47. The maximum Gasteiger partial charge on any atom is 0.315 e. The second-order valence-corrected chi connectivity index (χ2v) is 6.01. The van der Waals surface area contributed by atoms with Crippen LogP contribution in [-0.2, 0) is 13.0 Å². The lowest BCUT2D eigenvalue weighted by atomic mass is 10.0. The zero-order valence-corrected chi connectivity index (χ0v) is 14.1. The summed E-state index contributed by atoms with van der Waals surface area (Å²) in [4.78, 5) is 12.1. The quantitative estimate of drug-likeness (QED) is 0.894. The van der Waals surface area contributed by atoms with Crippen LogP contribution in [0.4, 0.5) is 4.79 Å². The Hall–Kier alpha value is -2.40. The lowest BCUT2D eigenvalue weighted by Gasteiger charge is -2.26. The van der Waals surface area contributed by atoms with E-state index in [-0.39, 0.29) is 12.1 Å². The molecule has 0 aliphatic carbocycles. The van der Waals surface area contributed by atoms with Crippen LogP contribution in [0.25, 0.3) is 0 Å². The summed E-state index contributed by atoms with van der Waals surface area (Å²) in [6, 6.07) is 12.8. The number of methoxy groups -OCH3 is 1. The van der Waals surface area contributed by atoms with Gasteiger partial charge in [0.05, 0.1) is 13.2 Å². The number of ether oxygens (including phenoxy) is 2. The van der Waals surface area contributed by atoms with Gasteiger partial charge in [-0.05, 0) is 41.8 Å². The van der Waals surface area contributed by atoms with Gasteiger partial charge in [-0.3, -0.25) is 0 Å². The van der Waals surface area contributed by atoms with Crippen LogP contribution in [0.3, 0.4) is 0 Å². The minimum atomic E-state index is -0.241. The van der Waals surface area contributed by atoms with Gasteiger partial charge >= 0.3 is 6.03 Å². The first kappa shape index (κ1) is 16.5. The van der Waals surface area contributed by atoms with Crippen LogP contribution in [0.5, 0.6) is 11.5 Å². The highest BCUT2D eigenvalue weighted by molar-refractivity contribution is 6.31. The molecule has 1 heterocycles. The summed E-state index contributed by atoms with van der Waals surface area (Å²) in [6.45, 7) is 0.822. The van der Waals surface area contributed by atoms with Crippen LogP contribution in [-0.4, -0.2) is 25.8 Å². The van der Waals surface area contributed by atoms with E-state index in [4.69, 9.17) is 21.1 Å². The molecule has 0 unspecified atom stereocenters. The van der Waals surface area contributed by atoms with Crippen LogP contribution >= 0.6 is 11.6 Å². The Morgan fingerprint density at radius 2 is 2.17 bits per heavy atom. The van der Waals surface area contributed by atoms with E-state index in [0.29, 0.717) is 24.6 Å². The number of benzene rings is 2. The van der Waals surface area contributed by atoms with Gasteiger partial charge in [-0.1, -0.05) is 29.8 Å². The molecule has 1 aliphatic heterocycles. The number of carbonyl (C=O) groups is 1. The van der Waals surface area contributed by atoms with E-state index in [1.165, 1.54) is 0 Å². The Balaban J connectivity index is 1.54. The number of hydrogen-bond donors (Lipinski definition) is 2. The van der Waals surface area contributed by atoms with Crippen molar-refractivity contribution in [2.45, 2.75) is 19.0 Å². The minimum Gasteiger partial charge on any atom is -0.497 e. The Morgan fingerprint density at radius 1 is 1.33 bits per heavy atom. The first-order valence-electron chi connectivity index (χ1n) is 7.73. The maximum atomic E-state index is 12.1. The molecule has 0 bridgehead atoms. The van der Waals surface area contributed by atoms with Gasteiger partial charge in [0.2, 0.25) is 0 Å². The normalized spacial score (nSPS) is 15.8. The smallest absolute Gasteiger partial charge is 0.315 e. The second-order valence-electron chi connectivity index (χ2n) is 5.60. The number of carbonyl (C=O) groups excluding carboxylic acids is 1. The van der Waals surface area contributed by atoms with Gasteiger partial charge in [0.1, 0.15) is 18.1 Å². The van der Waals surface area contributed by atoms with Gasteiger partial charge in [-0.25, -0.2) is 4.79 Å². The Kier molecular flexibility index (Phi) is 5.11. The van der Waals surface area contributed by atoms with Crippen molar-refractivity contribution >= 4 is 17.6 Å². The molecule has 2 amide bonds. The predicted octanol–water partition coefficient (Wildman–Crippen LogP) is 3.15. The van der Waals surface area contributed by atoms with E-state index in [0.717, 1.165) is 22.6 Å². The molecule has 126 valence electrons. The molecule has 6 heteroatoms. The van der Waals surface area contributed by atoms with Crippen molar-refractivity contribution in [2.75, 3.05) is 13.7 Å². The molecular formula is C18H19ClN2O3. The van der Waals surface area contributed by atoms with Crippen molar-refractivity contribution in [3.05, 3.63) is 58.6 Å². The number of rotatable bonds is 4. The van der Waals surface area contributed by atoms with E-state index < -0.39 is 0 Å². The molecule has 2 N–H and O–H groups in total. The molecule has 2 aromatic rings. The third-order valence-electron chi connectivity index (χ3n) is 3.91. The Morgan fingerprint density at radius 3 is 2.96 bits per heavy atom. The lowest BCUT2D eigenvalue weighted by molar-refractivity contribution is 0.214. The second kappa shape index (κ2) is 7.45. The third kappa shape index (κ3) is 3.92. The number of fused-ring (bicyclic) bond motifs is 1. The molecule has 0 saturated carbocycles. The average Bonchev–Trinajstić information content (AvgIpc) is 2.60. The van der Waals surface area contributed by atoms with Gasteiger partial charge in [0.25, 0.3) is 0 Å². The highest BCUT2D eigenvalue weighted by atomic mass is 35.5. The number of hydrogen-bond acceptors (Lipinski definition) is 3. The maximum absolute atomic E-state index is 12.1. The highest BCUT2D eigenvalue weighted by Gasteiger charge is 2.21. The van der Waals surface area contributed by atoms with Crippen LogP contribution in [0.1, 0.15) is 11.1 Å². The predicted molar refractivity (Wildman–Crippen MR) is 92.8 cm³/mol. The van der Waals surface area contributed by atoms with Crippen molar-refractivity contribution < 1.29 is 14.3 Å². The molecule has 0 spiro atoms. The SMILES string of the molecule is COc1ccc2c(c1)C[C@H](NC(=O)NCc1ccccc1Cl)CO2. The van der Waals surface area contributed by atoms with Crippen LogP contribution < -0.4 is 20.1 Å². The highest BCUT2D eigenvalue weighted by Crippen LogP contribution is 2.28. The molecule has 0 aromatic heterocycles. The molecule has 1 atom stereocenters. The van der Waals surface area contributed by atoms with Gasteiger partial charge in [0, 0.05) is 11.6 Å². The number of amides is 2. The molecule has 24 heavy (non-hydrogen) atoms. The van der Waals surface area contributed by atoms with E-state index in [1.807, 2.05) is 36.4 Å². The van der Waals surface area contributed by atoms with E-state index >= 15 is 0 Å². The molecule has 5 nitrogen and oxygen atoms in total. The van der Waals surface area contributed by atoms with Crippen molar-refractivity contribution in [1.29, 1.82) is 0 Å². The molecule has 0 saturated heterocycles. The zero-order chi connectivity index (χ0) is 16.9. The molecule has 2 aromatic carbocycles. The van der Waals surface area contributed by atoms with Crippen molar-refractivity contribution in [2.24, 2.45) is 0 Å². The van der Waals surface area contributed by atoms with Crippen LogP contribution in [0.15, 0.2) is 42.5 Å². The number of urea groups is 1. The number of nitrogens with one attached hydrogen (secondary N) is 2. The van der Waals surface area contributed by atoms with Gasteiger partial charge in [-0.2, -0.15) is 0 Å². The third-order valence-corrected chi connectivity index (χ3v) is 4.28. The molecule has 1 aliphatic rings. The molecule has 3 rings (SSSR count). The van der Waals surface area contributed by atoms with Crippen LogP contribution in [0.2, 0.25) is 5.02 Å². The summed E-state index contributed by atoms with van der Waals surface area (Å²) in [5.74, 6) is 1.62. The minimum absolute atomic E-state index is 0.0872. The summed E-state index contributed by atoms with van der Waals surface area (Å²) in [6.07, 6.45) is 0.700. The standard InChI is InChI=1S/C18H19ClN2O3/c1-23-15-6-7-17-13(9-15)8-14(11-24-17)21-18(22)20-10-12-4-2-3-5-16(12)19/h2-7,9,14H,8,10-11H2,1H3,(H2,20,21,22)/t14-/m0/s1. The van der Waals surface area contributed by atoms with Crippen molar-refractivity contribution in [3.63, 3.8) is 0 Å². The van der Waals surface area contributed by atoms with E-state index in [1.54, 1.807) is 13.2 Å². The first-order chi connectivity index (χ1) is 11.7. The Bertz CT molecular complexity index is 736. The van der Waals surface area contributed by atoms with E-state index in [9.17, 15) is 4.79 Å². The fourth-order valence-corrected chi connectivity index (χ4v) is 2.85. The first-order valence-corrected chi connectivity index (χ1v) is 8.11. The summed E-state index contributed by atoms with van der Waals surface area (Å²) in [7, 11) is 1.63.